The van der Waals surface area contributed by atoms with Crippen molar-refractivity contribution in [1.82, 2.24) is 4.98 Å². The number of esters is 2. The maximum Gasteiger partial charge on any atom is 0.340 e. The molecule has 1 aromatic heterocycles. The number of benzene rings is 1. The molecule has 1 N–H and O–H groups in total. The lowest BCUT2D eigenvalue weighted by molar-refractivity contribution is -0.136. The largest absolute Gasteiger partial charge is 0.466 e. The van der Waals surface area contributed by atoms with Crippen LogP contribution >= 0.6 is 11.6 Å². The van der Waals surface area contributed by atoms with E-state index < -0.39 is 11.9 Å². The second-order valence-corrected chi connectivity index (χ2v) is 6.54. The zero-order chi connectivity index (χ0) is 20.1. The highest BCUT2D eigenvalue weighted by Crippen LogP contribution is 2.38. The van der Waals surface area contributed by atoms with Gasteiger partial charge in [-0.15, -0.1) is 0 Å². The third-order valence-electron chi connectivity index (χ3n) is 4.47. The number of rotatable bonds is 5. The van der Waals surface area contributed by atoms with E-state index >= 15 is 0 Å². The molecule has 0 aliphatic carbocycles. The molecule has 0 bridgehead atoms. The minimum absolute atomic E-state index is 0.0936. The molecule has 0 unspecified atom stereocenters. The van der Waals surface area contributed by atoms with Gasteiger partial charge in [0.2, 0.25) is 0 Å². The van der Waals surface area contributed by atoms with Crippen LogP contribution in [0.2, 0.25) is 5.02 Å². The van der Waals surface area contributed by atoms with E-state index in [-0.39, 0.29) is 5.57 Å². The Labute approximate surface area is 167 Å². The maximum atomic E-state index is 12.4. The van der Waals surface area contributed by atoms with Crippen molar-refractivity contribution in [2.75, 3.05) is 45.4 Å². The predicted octanol–water partition coefficient (Wildman–Crippen LogP) is 2.90. The zero-order valence-corrected chi connectivity index (χ0v) is 16.4. The van der Waals surface area contributed by atoms with Gasteiger partial charge < -0.3 is 24.1 Å². The number of H-pyrrole nitrogens is 1. The number of hydrogen-bond donors (Lipinski definition) is 1. The third kappa shape index (κ3) is 4.21. The first-order valence-corrected chi connectivity index (χ1v) is 9.11. The van der Waals surface area contributed by atoms with E-state index in [4.69, 9.17) is 25.8 Å². The molecule has 2 heterocycles. The number of anilines is 1. The average molecular weight is 405 g/mol. The van der Waals surface area contributed by atoms with Crippen LogP contribution in [0.3, 0.4) is 0 Å². The van der Waals surface area contributed by atoms with E-state index in [0.717, 1.165) is 22.9 Å². The summed E-state index contributed by atoms with van der Waals surface area (Å²) in [5.74, 6) is -1.28. The summed E-state index contributed by atoms with van der Waals surface area (Å²) in [4.78, 5) is 29.5. The van der Waals surface area contributed by atoms with Crippen LogP contribution in [0.5, 0.6) is 0 Å². The Kier molecular flexibility index (Phi) is 6.38. The van der Waals surface area contributed by atoms with Crippen molar-refractivity contribution < 1.29 is 23.8 Å². The van der Waals surface area contributed by atoms with Crippen LogP contribution in [-0.2, 0) is 23.8 Å². The summed E-state index contributed by atoms with van der Waals surface area (Å²) in [5.41, 5.74) is 3.19. The highest BCUT2D eigenvalue weighted by molar-refractivity contribution is 6.30. The van der Waals surface area contributed by atoms with Gasteiger partial charge in [-0.2, -0.15) is 0 Å². The number of hydrogen-bond acceptors (Lipinski definition) is 6. The highest BCUT2D eigenvalue weighted by atomic mass is 35.5. The molecule has 148 valence electrons. The summed E-state index contributed by atoms with van der Waals surface area (Å²) in [6.07, 6.45) is 2.94. The lowest BCUT2D eigenvalue weighted by Gasteiger charge is -2.30. The number of aromatic amines is 1. The summed E-state index contributed by atoms with van der Waals surface area (Å²) in [6, 6.07) is 7.42. The van der Waals surface area contributed by atoms with E-state index in [0.29, 0.717) is 37.0 Å². The van der Waals surface area contributed by atoms with Crippen molar-refractivity contribution in [2.45, 2.75) is 0 Å². The second-order valence-electron chi connectivity index (χ2n) is 6.11. The molecule has 8 heteroatoms. The highest BCUT2D eigenvalue weighted by Gasteiger charge is 2.27. The Morgan fingerprint density at radius 1 is 1.14 bits per heavy atom. The Morgan fingerprint density at radius 2 is 1.82 bits per heavy atom. The quantitative estimate of drug-likeness (QED) is 0.609. The molecule has 0 saturated carbocycles. The third-order valence-corrected chi connectivity index (χ3v) is 4.73. The Bertz CT molecular complexity index is 883. The molecule has 1 fully saturated rings. The monoisotopic (exact) mass is 404 g/mol. The van der Waals surface area contributed by atoms with Crippen LogP contribution in [0.15, 0.2) is 36.5 Å². The molecular formula is C20H21ClN2O5. The summed E-state index contributed by atoms with van der Waals surface area (Å²) in [7, 11) is 2.52. The number of methoxy groups -OCH3 is 2. The van der Waals surface area contributed by atoms with Gasteiger partial charge in [-0.05, 0) is 17.7 Å². The van der Waals surface area contributed by atoms with E-state index in [1.165, 1.54) is 14.2 Å². The molecule has 0 amide bonds. The van der Waals surface area contributed by atoms with Gasteiger partial charge in [0, 0.05) is 35.9 Å². The summed E-state index contributed by atoms with van der Waals surface area (Å²) in [6.45, 7) is 2.44. The second kappa shape index (κ2) is 8.95. The first-order chi connectivity index (χ1) is 13.5. The molecule has 3 rings (SSSR count). The summed E-state index contributed by atoms with van der Waals surface area (Å²) in [5, 5.41) is 0.633. The van der Waals surface area contributed by atoms with Crippen LogP contribution in [0.25, 0.3) is 16.7 Å². The standard InChI is InChI=1S/C20H21ClN2O5/c1-26-17(24)11-15(20(25)27-2)18-19(23-7-9-28-10-8-23)16(12-22-18)13-3-5-14(21)6-4-13/h3-6,11-12,22H,7-10H2,1-2H3/b15-11+. The number of aromatic nitrogens is 1. The Balaban J connectivity index is 2.16. The lowest BCUT2D eigenvalue weighted by atomic mass is 10.0. The minimum atomic E-state index is -0.643. The van der Waals surface area contributed by atoms with Crippen molar-refractivity contribution in [3.8, 4) is 11.1 Å². The van der Waals surface area contributed by atoms with Crippen molar-refractivity contribution in [2.24, 2.45) is 0 Å². The lowest BCUT2D eigenvalue weighted by Crippen LogP contribution is -2.37. The molecule has 0 atom stereocenters. The van der Waals surface area contributed by atoms with Gasteiger partial charge in [0.05, 0.1) is 44.4 Å². The first kappa shape index (κ1) is 20.0. The summed E-state index contributed by atoms with van der Waals surface area (Å²) < 4.78 is 15.1. The van der Waals surface area contributed by atoms with Gasteiger partial charge >= 0.3 is 11.9 Å². The fourth-order valence-corrected chi connectivity index (χ4v) is 3.23. The molecule has 1 saturated heterocycles. The smallest absolute Gasteiger partial charge is 0.340 e. The van der Waals surface area contributed by atoms with E-state index in [2.05, 4.69) is 9.88 Å². The van der Waals surface area contributed by atoms with Crippen molar-refractivity contribution in [1.29, 1.82) is 0 Å². The fraction of sp³-hybridized carbons (Fsp3) is 0.300. The fourth-order valence-electron chi connectivity index (χ4n) is 3.11. The first-order valence-electron chi connectivity index (χ1n) is 8.73. The Hall–Kier alpha value is -2.77. The number of carbonyl (C=O) groups excluding carboxylic acids is 2. The average Bonchev–Trinajstić information content (AvgIpc) is 3.17. The molecular weight excluding hydrogens is 384 g/mol. The van der Waals surface area contributed by atoms with Crippen molar-refractivity contribution >= 4 is 34.8 Å². The van der Waals surface area contributed by atoms with Crippen LogP contribution in [0, 0.1) is 0 Å². The van der Waals surface area contributed by atoms with Gasteiger partial charge in [0.25, 0.3) is 0 Å². The van der Waals surface area contributed by atoms with Gasteiger partial charge in [-0.25, -0.2) is 9.59 Å². The summed E-state index contributed by atoms with van der Waals surface area (Å²) >= 11 is 6.02. The van der Waals surface area contributed by atoms with E-state index in [9.17, 15) is 9.59 Å². The molecule has 28 heavy (non-hydrogen) atoms. The van der Waals surface area contributed by atoms with Gasteiger partial charge in [-0.1, -0.05) is 23.7 Å². The number of halogens is 1. The molecule has 7 nitrogen and oxygen atoms in total. The molecule has 1 aliphatic rings. The number of carbonyl (C=O) groups is 2. The number of nitrogens with zero attached hydrogens (tertiary/aromatic N) is 1. The molecule has 0 spiro atoms. The molecule has 2 aromatic rings. The topological polar surface area (TPSA) is 80.9 Å². The van der Waals surface area contributed by atoms with Gasteiger partial charge in [0.1, 0.15) is 0 Å². The predicted molar refractivity (Wildman–Crippen MR) is 106 cm³/mol. The van der Waals surface area contributed by atoms with Crippen LogP contribution in [0.1, 0.15) is 5.69 Å². The molecule has 0 radical (unpaired) electrons. The van der Waals surface area contributed by atoms with Crippen molar-refractivity contribution in [3.05, 3.63) is 47.3 Å². The number of nitrogens with one attached hydrogen (secondary N) is 1. The SMILES string of the molecule is COC(=O)/C=C(/C(=O)OC)c1[nH]cc(-c2ccc(Cl)cc2)c1N1CCOCC1. The van der Waals surface area contributed by atoms with Crippen molar-refractivity contribution in [3.63, 3.8) is 0 Å². The molecule has 1 aromatic carbocycles. The minimum Gasteiger partial charge on any atom is -0.466 e. The van der Waals surface area contributed by atoms with E-state index in [1.54, 1.807) is 18.3 Å². The number of ether oxygens (including phenoxy) is 3. The maximum absolute atomic E-state index is 12.4. The Morgan fingerprint density at radius 3 is 2.43 bits per heavy atom. The van der Waals surface area contributed by atoms with Gasteiger partial charge in [-0.3, -0.25) is 0 Å². The van der Waals surface area contributed by atoms with E-state index in [1.807, 2.05) is 12.1 Å². The number of morpholine rings is 1. The normalized spacial score (nSPS) is 14.7. The molecule has 1 aliphatic heterocycles. The van der Waals surface area contributed by atoms with Crippen LogP contribution < -0.4 is 4.90 Å². The van der Waals surface area contributed by atoms with Crippen LogP contribution in [-0.4, -0.2) is 57.4 Å². The van der Waals surface area contributed by atoms with Gasteiger partial charge in [0.15, 0.2) is 0 Å². The zero-order valence-electron chi connectivity index (χ0n) is 15.7. The van der Waals surface area contributed by atoms with Crippen LogP contribution in [0.4, 0.5) is 5.69 Å².